The summed E-state index contributed by atoms with van der Waals surface area (Å²) >= 11 is 0. The third-order valence-electron chi connectivity index (χ3n) is 9.06. The van der Waals surface area contributed by atoms with Crippen LogP contribution in [0, 0.1) is 17.7 Å². The van der Waals surface area contributed by atoms with Crippen molar-refractivity contribution >= 4 is 6.03 Å². The lowest BCUT2D eigenvalue weighted by molar-refractivity contribution is -0.0575. The van der Waals surface area contributed by atoms with Gasteiger partial charge in [0, 0.05) is 50.9 Å². The van der Waals surface area contributed by atoms with Crippen molar-refractivity contribution in [1.82, 2.24) is 15.5 Å². The zero-order valence-corrected chi connectivity index (χ0v) is 25.5. The van der Waals surface area contributed by atoms with Crippen LogP contribution < -0.4 is 15.4 Å². The first-order valence-electron chi connectivity index (χ1n) is 15.9. The number of carbonyl (C=O) groups excluding carboxylic acids is 1. The lowest BCUT2D eigenvalue weighted by Crippen LogP contribution is -2.54. The summed E-state index contributed by atoms with van der Waals surface area (Å²) in [5, 5.41) is 19.1. The second-order valence-corrected chi connectivity index (χ2v) is 12.2. The molecule has 2 aromatic rings. The average Bonchev–Trinajstić information content (AvgIpc) is 3.01. The van der Waals surface area contributed by atoms with Crippen LogP contribution in [0.5, 0.6) is 11.5 Å². The second kappa shape index (κ2) is 16.2. The highest BCUT2D eigenvalue weighted by molar-refractivity contribution is 5.74. The Morgan fingerprint density at radius 2 is 1.83 bits per heavy atom. The minimum atomic E-state index is -1.21. The van der Waals surface area contributed by atoms with Crippen LogP contribution in [-0.4, -0.2) is 62.5 Å². The number of carbonyl (C=O) groups is 1. The molecule has 0 spiro atoms. The zero-order chi connectivity index (χ0) is 29.8. The summed E-state index contributed by atoms with van der Waals surface area (Å²) in [5.41, 5.74) is -0.514. The molecule has 1 heterocycles. The first kappa shape index (κ1) is 32.2. The number of piperidine rings is 1. The highest BCUT2D eigenvalue weighted by atomic mass is 19.1. The number of unbranched alkanes of at least 4 members (excludes halogenated alkanes) is 1. The molecule has 7 nitrogen and oxygen atoms in total. The van der Waals surface area contributed by atoms with E-state index >= 15 is 0 Å². The number of hydrogen-bond donors (Lipinski definition) is 3. The fraction of sp³-hybridized carbons (Fsp3) is 0.618. The van der Waals surface area contributed by atoms with E-state index in [1.54, 1.807) is 19.2 Å². The third kappa shape index (κ3) is 8.91. The van der Waals surface area contributed by atoms with Gasteiger partial charge < -0.3 is 30.1 Å². The Bertz CT molecular complexity index is 1090. The quantitative estimate of drug-likeness (QED) is 0.218. The Morgan fingerprint density at radius 1 is 1.07 bits per heavy atom. The number of rotatable bonds is 14. The number of likely N-dealkylation sites (tertiary alicyclic amines) is 1. The standard InChI is InChI=1S/C34H50FN3O4/c1-36-24-29(23-26-11-4-3-5-12-26)37-33(39)38-21-10-13-27(25-38)34(40,20-8-9-22-41-2)31-14-6-7-15-32(31)42-30-18-16-28(35)17-19-30/h6-7,14-19,26-27,29,36,40H,3-5,8-13,20-25H2,1-2H3,(H,37,39)/t27-,29?,34+/m1/s1. The van der Waals surface area contributed by atoms with Gasteiger partial charge in [-0.3, -0.25) is 0 Å². The number of benzene rings is 2. The van der Waals surface area contributed by atoms with Gasteiger partial charge in [0.05, 0.1) is 5.60 Å². The first-order chi connectivity index (χ1) is 20.4. The fourth-order valence-electron chi connectivity index (χ4n) is 6.82. The largest absolute Gasteiger partial charge is 0.457 e. The fourth-order valence-corrected chi connectivity index (χ4v) is 6.82. The Kier molecular flexibility index (Phi) is 12.5. The van der Waals surface area contributed by atoms with Crippen LogP contribution in [0.25, 0.3) is 0 Å². The van der Waals surface area contributed by atoms with Crippen molar-refractivity contribution < 1.29 is 23.8 Å². The molecule has 8 heteroatoms. The number of likely N-dealkylation sites (N-methyl/N-ethyl adjacent to an activating group) is 1. The van der Waals surface area contributed by atoms with Gasteiger partial charge in [0.2, 0.25) is 0 Å². The summed E-state index contributed by atoms with van der Waals surface area (Å²) in [5.74, 6) is 1.21. The van der Waals surface area contributed by atoms with Crippen LogP contribution in [0.15, 0.2) is 48.5 Å². The molecule has 2 amide bonds. The third-order valence-corrected chi connectivity index (χ3v) is 9.06. The monoisotopic (exact) mass is 583 g/mol. The number of nitrogens with one attached hydrogen (secondary N) is 2. The summed E-state index contributed by atoms with van der Waals surface area (Å²) in [6.07, 6.45) is 11.1. The topological polar surface area (TPSA) is 83.1 Å². The molecule has 0 radical (unpaired) electrons. The molecular formula is C34H50FN3O4. The van der Waals surface area contributed by atoms with Gasteiger partial charge in [0.15, 0.2) is 0 Å². The van der Waals surface area contributed by atoms with E-state index in [0.29, 0.717) is 49.1 Å². The van der Waals surface area contributed by atoms with Crippen molar-refractivity contribution in [3.8, 4) is 11.5 Å². The number of hydrogen-bond acceptors (Lipinski definition) is 5. The second-order valence-electron chi connectivity index (χ2n) is 12.2. The number of amides is 2. The van der Waals surface area contributed by atoms with Crippen molar-refractivity contribution in [2.24, 2.45) is 11.8 Å². The van der Waals surface area contributed by atoms with Gasteiger partial charge in [-0.1, -0.05) is 50.3 Å². The van der Waals surface area contributed by atoms with Gasteiger partial charge in [0.25, 0.3) is 0 Å². The predicted octanol–water partition coefficient (Wildman–Crippen LogP) is 6.60. The molecule has 232 valence electrons. The molecule has 1 saturated carbocycles. The van der Waals surface area contributed by atoms with E-state index in [1.807, 2.05) is 36.2 Å². The summed E-state index contributed by atoms with van der Waals surface area (Å²) in [4.78, 5) is 15.5. The van der Waals surface area contributed by atoms with Crippen molar-refractivity contribution in [3.63, 3.8) is 0 Å². The van der Waals surface area contributed by atoms with E-state index < -0.39 is 5.60 Å². The lowest BCUT2D eigenvalue weighted by atomic mass is 9.73. The molecule has 1 saturated heterocycles. The first-order valence-corrected chi connectivity index (χ1v) is 15.9. The number of para-hydroxylation sites is 1. The Labute approximate surface area is 251 Å². The maximum atomic E-state index is 13.6. The molecule has 1 unspecified atom stereocenters. The zero-order valence-electron chi connectivity index (χ0n) is 25.5. The number of ether oxygens (including phenoxy) is 2. The maximum Gasteiger partial charge on any atom is 0.317 e. The van der Waals surface area contributed by atoms with Crippen LogP contribution in [0.4, 0.5) is 9.18 Å². The van der Waals surface area contributed by atoms with E-state index in [4.69, 9.17) is 9.47 Å². The molecule has 0 aromatic heterocycles. The number of aliphatic hydroxyl groups is 1. The van der Waals surface area contributed by atoms with E-state index in [2.05, 4.69) is 10.6 Å². The molecule has 1 aliphatic carbocycles. The molecule has 42 heavy (non-hydrogen) atoms. The van der Waals surface area contributed by atoms with Crippen LogP contribution in [0.1, 0.15) is 76.2 Å². The Morgan fingerprint density at radius 3 is 2.57 bits per heavy atom. The molecule has 1 aliphatic heterocycles. The summed E-state index contributed by atoms with van der Waals surface area (Å²) in [6.45, 7) is 2.51. The highest BCUT2D eigenvalue weighted by Crippen LogP contribution is 2.44. The number of methoxy groups -OCH3 is 1. The highest BCUT2D eigenvalue weighted by Gasteiger charge is 2.43. The van der Waals surface area contributed by atoms with E-state index in [1.165, 1.54) is 44.2 Å². The predicted molar refractivity (Wildman–Crippen MR) is 164 cm³/mol. The lowest BCUT2D eigenvalue weighted by Gasteiger charge is -2.43. The SMILES string of the molecule is CNCC(CC1CCCCC1)NC(=O)N1CCC[C@@H]([C@@](O)(CCCCOC)c2ccccc2Oc2ccc(F)cc2)C1. The van der Waals surface area contributed by atoms with Crippen LogP contribution in [-0.2, 0) is 10.3 Å². The molecule has 3 N–H and O–H groups in total. The van der Waals surface area contributed by atoms with E-state index in [0.717, 1.165) is 38.6 Å². The summed E-state index contributed by atoms with van der Waals surface area (Å²) < 4.78 is 25.0. The van der Waals surface area contributed by atoms with Gasteiger partial charge >= 0.3 is 6.03 Å². The molecular weight excluding hydrogens is 533 g/mol. The molecule has 2 aliphatic rings. The number of urea groups is 1. The number of nitrogens with zero attached hydrogens (tertiary/aromatic N) is 1. The van der Waals surface area contributed by atoms with Gasteiger partial charge in [-0.05, 0) is 81.8 Å². The van der Waals surface area contributed by atoms with E-state index in [-0.39, 0.29) is 23.8 Å². The average molecular weight is 584 g/mol. The van der Waals surface area contributed by atoms with Crippen LogP contribution >= 0.6 is 0 Å². The van der Waals surface area contributed by atoms with Gasteiger partial charge in [-0.25, -0.2) is 9.18 Å². The van der Waals surface area contributed by atoms with Crippen molar-refractivity contribution in [1.29, 1.82) is 0 Å². The van der Waals surface area contributed by atoms with Crippen LogP contribution in [0.3, 0.4) is 0 Å². The minimum absolute atomic E-state index is 0.0478. The molecule has 0 bridgehead atoms. The van der Waals surface area contributed by atoms with Crippen molar-refractivity contribution in [2.75, 3.05) is 40.4 Å². The van der Waals surface area contributed by atoms with E-state index in [9.17, 15) is 14.3 Å². The number of halogens is 1. The smallest absolute Gasteiger partial charge is 0.317 e. The van der Waals surface area contributed by atoms with Crippen LogP contribution in [0.2, 0.25) is 0 Å². The molecule has 4 rings (SSSR count). The maximum absolute atomic E-state index is 13.6. The minimum Gasteiger partial charge on any atom is -0.457 e. The van der Waals surface area contributed by atoms with Crippen molar-refractivity contribution in [3.05, 3.63) is 59.9 Å². The Balaban J connectivity index is 1.52. The van der Waals surface area contributed by atoms with Gasteiger partial charge in [-0.2, -0.15) is 0 Å². The summed E-state index contributed by atoms with van der Waals surface area (Å²) in [7, 11) is 3.62. The van der Waals surface area contributed by atoms with Crippen molar-refractivity contribution in [2.45, 2.75) is 82.3 Å². The normalized spacial score (nSPS) is 20.1. The molecule has 2 fully saturated rings. The molecule has 2 aromatic carbocycles. The van der Waals surface area contributed by atoms with Gasteiger partial charge in [0.1, 0.15) is 17.3 Å². The van der Waals surface area contributed by atoms with Gasteiger partial charge in [-0.15, -0.1) is 0 Å². The molecule has 3 atom stereocenters. The Hall–Kier alpha value is -2.68. The summed E-state index contributed by atoms with van der Waals surface area (Å²) in [6, 6.07) is 13.5.